The van der Waals surface area contributed by atoms with Gasteiger partial charge in [0.15, 0.2) is 0 Å². The molecule has 16 aromatic rings. The first kappa shape index (κ1) is 97.2. The maximum Gasteiger partial charge on any atom is 0.127 e. The van der Waals surface area contributed by atoms with Crippen LogP contribution >= 0.6 is 34.3 Å². The fourth-order valence-electron chi connectivity index (χ4n) is 16.1. The van der Waals surface area contributed by atoms with Crippen molar-refractivity contribution in [1.29, 1.82) is 0 Å². The van der Waals surface area contributed by atoms with Crippen molar-refractivity contribution in [3.63, 3.8) is 0 Å². The first-order chi connectivity index (χ1) is 63.3. The first-order valence-corrected chi connectivity index (χ1v) is 49.6. The summed E-state index contributed by atoms with van der Waals surface area (Å²) in [5.74, 6) is 1.70. The fourth-order valence-corrected chi connectivity index (χ4v) is 21.5. The van der Waals surface area contributed by atoms with Crippen LogP contribution in [0, 0.1) is 27.7 Å². The molecule has 0 radical (unpaired) electrons. The van der Waals surface area contributed by atoms with Crippen LogP contribution < -0.4 is 62.0 Å². The number of phenolic OH excluding ortho intramolecular Hbond substituents is 4. The Kier molecular flexibility index (Phi) is 32.9. The molecule has 0 saturated carbocycles. The molecule has 12 heteroatoms. The SMILES string of the molecule is CC(C)(C)c1cc(Pc2ccccc2CN(c2ccccc2)c2ccccc2)c(O)c(C(C)(C)C)c1.Cc1cc(C(C)(C)C)cc(Pc2ccccc2CN(c2ccccc2)c2ccccc2)c1O.Cc1cc(C)c(O)c(Pc2ccccc2CN(c2ccccc2)c2ccccc2)c1.Cc1cc(Pc2ccccc2CN(c2ccccc2)c2ccccc2)c(O)c(C(C)(C)C)c1. The minimum Gasteiger partial charge on any atom is -0.507 e. The fraction of sp³-hybridized carbons (Fsp3) is 0.200. The van der Waals surface area contributed by atoms with Crippen molar-refractivity contribution < 1.29 is 20.4 Å². The number of phenols is 4. The third-order valence-corrected chi connectivity index (χ3v) is 29.1. The van der Waals surface area contributed by atoms with Crippen LogP contribution in [0.15, 0.2) is 388 Å². The summed E-state index contributed by atoms with van der Waals surface area (Å²) in [7, 11) is 1.54. The molecule has 4 N–H and O–H groups in total. The van der Waals surface area contributed by atoms with Crippen LogP contribution in [-0.2, 0) is 47.8 Å². The summed E-state index contributed by atoms with van der Waals surface area (Å²) in [4.78, 5) is 9.39. The summed E-state index contributed by atoms with van der Waals surface area (Å²) in [6, 6.07) is 136. The molecule has 8 nitrogen and oxygen atoms in total. The van der Waals surface area contributed by atoms with Gasteiger partial charge in [-0.2, -0.15) is 0 Å². The monoisotopic (exact) mass is 1810 g/mol. The molecule has 0 aromatic heterocycles. The largest absolute Gasteiger partial charge is 0.507 e. The molecule has 4 atom stereocenters. The second kappa shape index (κ2) is 44.7. The lowest BCUT2D eigenvalue weighted by molar-refractivity contribution is 0.448. The molecular weight excluding hydrogens is 1690 g/mol. The van der Waals surface area contributed by atoms with Gasteiger partial charge in [-0.1, -0.05) is 384 Å². The van der Waals surface area contributed by atoms with Crippen LogP contribution in [0.2, 0.25) is 0 Å². The second-order valence-electron chi connectivity index (χ2n) is 38.0. The van der Waals surface area contributed by atoms with E-state index in [0.29, 0.717) is 57.3 Å². The van der Waals surface area contributed by atoms with E-state index >= 15 is 0 Å². The van der Waals surface area contributed by atoms with Gasteiger partial charge in [0.2, 0.25) is 0 Å². The van der Waals surface area contributed by atoms with Gasteiger partial charge in [0.25, 0.3) is 0 Å². The molecule has 16 aromatic carbocycles. The summed E-state index contributed by atoms with van der Waals surface area (Å²) < 4.78 is 0. The van der Waals surface area contributed by atoms with Crippen LogP contribution in [0.3, 0.4) is 0 Å². The third-order valence-electron chi connectivity index (χ3n) is 23.5. The van der Waals surface area contributed by atoms with E-state index in [1.165, 1.54) is 65.7 Å². The molecule has 4 unspecified atom stereocenters. The lowest BCUT2D eigenvalue weighted by Crippen LogP contribution is -2.23. The summed E-state index contributed by atoms with van der Waals surface area (Å²) in [6.45, 7) is 37.6. The summed E-state index contributed by atoms with van der Waals surface area (Å²) in [6.07, 6.45) is 0. The average Bonchev–Trinajstić information content (AvgIpc) is 0.774. The number of aromatic hydroxyl groups is 4. The molecule has 0 amide bonds. The molecule has 0 saturated heterocycles. The van der Waals surface area contributed by atoms with Gasteiger partial charge in [0.1, 0.15) is 23.0 Å². The molecule has 0 fully saturated rings. The molecule has 0 spiro atoms. The predicted molar refractivity (Wildman–Crippen MR) is 577 cm³/mol. The zero-order valence-corrected chi connectivity index (χ0v) is 83.4. The minimum absolute atomic E-state index is 0.00384. The van der Waals surface area contributed by atoms with E-state index in [9.17, 15) is 20.4 Å². The van der Waals surface area contributed by atoms with Crippen LogP contribution in [0.4, 0.5) is 45.5 Å². The van der Waals surface area contributed by atoms with Gasteiger partial charge in [-0.05, 0) is 248 Å². The molecular formula is C120H128N4O4P4. The van der Waals surface area contributed by atoms with Crippen LogP contribution in [0.5, 0.6) is 23.0 Å². The molecule has 0 aliphatic rings. The predicted octanol–water partition coefficient (Wildman–Crippen LogP) is 27.9. The van der Waals surface area contributed by atoms with Gasteiger partial charge < -0.3 is 40.0 Å². The molecule has 0 bridgehead atoms. The summed E-state index contributed by atoms with van der Waals surface area (Å²) in [5.41, 5.74) is 23.0. The van der Waals surface area contributed by atoms with E-state index in [0.717, 1.165) is 115 Å². The zero-order chi connectivity index (χ0) is 93.7. The highest BCUT2D eigenvalue weighted by atomic mass is 31.1. The zero-order valence-electron chi connectivity index (χ0n) is 79.4. The van der Waals surface area contributed by atoms with Crippen molar-refractivity contribution in [2.45, 2.75) is 159 Å². The van der Waals surface area contributed by atoms with Crippen molar-refractivity contribution in [3.8, 4) is 23.0 Å². The van der Waals surface area contributed by atoms with Gasteiger partial charge in [-0.3, -0.25) is 0 Å². The van der Waals surface area contributed by atoms with Crippen molar-refractivity contribution in [3.05, 3.63) is 455 Å². The van der Waals surface area contributed by atoms with E-state index < -0.39 is 0 Å². The van der Waals surface area contributed by atoms with Crippen molar-refractivity contribution >= 4 is 122 Å². The normalized spacial score (nSPS) is 11.8. The Balaban J connectivity index is 0.000000150. The Hall–Kier alpha value is -12.4. The average molecular weight is 1810 g/mol. The smallest absolute Gasteiger partial charge is 0.127 e. The minimum atomic E-state index is -0.137. The standard InChI is InChI=1S/C33H38NOP.2C30H32NOP.C27H26NOP/c1-32(2,3)25-21-28(33(4,5)6)31(35)30(22-25)36-29-20-14-13-15-24(29)23-34(26-16-9-7-10-17-26)27-18-11-8-12-19-27;1-22-19-24(30(2,3)4)20-28(29(22)32)33-27-18-12-11-13-23(27)21-31(25-14-7-5-8-15-25)26-16-9-6-10-17-26;1-22-19-26(30(2,3)4)29(32)28(20-22)33-27-18-12-11-13-23(27)21-31(24-14-7-5-8-15-24)25-16-9-6-10-17-25;1-20-17-21(2)27(29)26(18-20)30-25-16-10-9-11-22(25)19-28(23-12-5-3-6-13-23)24-14-7-4-8-15-24/h7-22,35-36H,23H2,1-6H3;2*5-20,32-33H,21H2,1-4H3;3-18,29-30H,19H2,1-2H3. The first-order valence-electron chi connectivity index (χ1n) is 45.6. The third kappa shape index (κ3) is 26.1. The topological polar surface area (TPSA) is 93.9 Å². The number of hydrogen-bond acceptors (Lipinski definition) is 8. The van der Waals surface area contributed by atoms with Gasteiger partial charge in [0.05, 0.1) is 0 Å². The maximum atomic E-state index is 11.4. The Morgan fingerprint density at radius 3 is 0.644 bits per heavy atom. The van der Waals surface area contributed by atoms with Crippen molar-refractivity contribution in [1.82, 2.24) is 0 Å². The number of rotatable bonds is 24. The lowest BCUT2D eigenvalue weighted by Gasteiger charge is -2.28. The Morgan fingerprint density at radius 2 is 0.394 bits per heavy atom. The number of nitrogens with zero attached hydrogens (tertiary/aromatic N) is 4. The van der Waals surface area contributed by atoms with Crippen molar-refractivity contribution in [2.24, 2.45) is 0 Å². The van der Waals surface area contributed by atoms with Gasteiger partial charge >= 0.3 is 0 Å². The molecule has 0 heterocycles. The van der Waals surface area contributed by atoms with E-state index in [4.69, 9.17) is 0 Å². The van der Waals surface area contributed by atoms with Gasteiger partial charge in [0, 0.05) is 104 Å². The Morgan fingerprint density at radius 1 is 0.197 bits per heavy atom. The molecule has 0 aliphatic heterocycles. The summed E-state index contributed by atoms with van der Waals surface area (Å²) >= 11 is 0. The highest BCUT2D eigenvalue weighted by Gasteiger charge is 2.28. The number of anilines is 8. The van der Waals surface area contributed by atoms with Gasteiger partial charge in [-0.15, -0.1) is 0 Å². The Bertz CT molecular complexity index is 6130. The quantitative estimate of drug-likeness (QED) is 0.0445. The molecule has 132 heavy (non-hydrogen) atoms. The number of para-hydroxylation sites is 8. The van der Waals surface area contributed by atoms with E-state index in [1.54, 1.807) is 0 Å². The van der Waals surface area contributed by atoms with Crippen LogP contribution in [-0.4, -0.2) is 20.4 Å². The molecule has 0 aliphatic carbocycles. The van der Waals surface area contributed by atoms with Crippen LogP contribution in [0.25, 0.3) is 0 Å². The highest BCUT2D eigenvalue weighted by Crippen LogP contribution is 2.41. The maximum absolute atomic E-state index is 11.4. The number of benzene rings is 16. The van der Waals surface area contributed by atoms with Crippen molar-refractivity contribution in [2.75, 3.05) is 19.6 Å². The number of aryl methyl sites for hydroxylation is 4. The van der Waals surface area contributed by atoms with E-state index in [-0.39, 0.29) is 21.7 Å². The van der Waals surface area contributed by atoms with Gasteiger partial charge in [-0.25, -0.2) is 0 Å². The molecule has 16 rings (SSSR count). The lowest BCUT2D eigenvalue weighted by atomic mass is 9.80. The number of hydrogen-bond donors (Lipinski definition) is 4. The summed E-state index contributed by atoms with van der Waals surface area (Å²) in [5, 5.41) is 53.1. The Labute approximate surface area is 793 Å². The molecule has 672 valence electrons. The van der Waals surface area contributed by atoms with E-state index in [2.05, 4.69) is 487 Å². The van der Waals surface area contributed by atoms with E-state index in [1.807, 2.05) is 32.0 Å². The second-order valence-corrected chi connectivity index (χ2v) is 43.3. The highest BCUT2D eigenvalue weighted by molar-refractivity contribution is 7.57. The van der Waals surface area contributed by atoms with Crippen LogP contribution in [0.1, 0.15) is 150 Å².